The Morgan fingerprint density at radius 3 is 3.10 bits per heavy atom. The maximum absolute atomic E-state index is 13.2. The van der Waals surface area contributed by atoms with Gasteiger partial charge in [0.1, 0.15) is 11.6 Å². The van der Waals surface area contributed by atoms with Crippen molar-refractivity contribution in [1.29, 1.82) is 0 Å². The van der Waals surface area contributed by atoms with Crippen LogP contribution in [0.25, 0.3) is 0 Å². The highest BCUT2D eigenvalue weighted by molar-refractivity contribution is 5.19. The second-order valence-corrected chi connectivity index (χ2v) is 5.26. The number of hydrogen-bond acceptors (Lipinski definition) is 3. The lowest BCUT2D eigenvalue weighted by Crippen LogP contribution is -2.35. The monoisotopic (exact) mass is 274 g/mol. The van der Waals surface area contributed by atoms with E-state index < -0.39 is 0 Å². The van der Waals surface area contributed by atoms with Crippen molar-refractivity contribution in [2.24, 2.45) is 5.73 Å². The zero-order valence-electron chi connectivity index (χ0n) is 11.4. The SMILES string of the molecule is NC(CCN1CCn2ccnc2C1)c1cccc(F)c1. The number of hydrogen-bond donors (Lipinski definition) is 1. The van der Waals surface area contributed by atoms with Crippen LogP contribution in [0.1, 0.15) is 23.9 Å². The highest BCUT2D eigenvalue weighted by atomic mass is 19.1. The van der Waals surface area contributed by atoms with E-state index in [-0.39, 0.29) is 11.9 Å². The first-order chi connectivity index (χ1) is 9.72. The molecule has 5 heteroatoms. The molecule has 0 amide bonds. The third-order valence-electron chi connectivity index (χ3n) is 3.86. The maximum Gasteiger partial charge on any atom is 0.123 e. The molecule has 0 spiro atoms. The van der Waals surface area contributed by atoms with E-state index in [9.17, 15) is 4.39 Å². The Bertz CT molecular complexity index is 581. The van der Waals surface area contributed by atoms with Gasteiger partial charge in [0, 0.05) is 38.1 Å². The van der Waals surface area contributed by atoms with Crippen LogP contribution >= 0.6 is 0 Å². The lowest BCUT2D eigenvalue weighted by atomic mass is 10.0. The molecule has 2 aromatic rings. The Labute approximate surface area is 118 Å². The zero-order chi connectivity index (χ0) is 13.9. The van der Waals surface area contributed by atoms with E-state index in [2.05, 4.69) is 14.5 Å². The van der Waals surface area contributed by atoms with E-state index >= 15 is 0 Å². The molecule has 2 heterocycles. The predicted octanol–water partition coefficient (Wildman–Crippen LogP) is 1.93. The van der Waals surface area contributed by atoms with Crippen molar-refractivity contribution in [3.05, 3.63) is 53.9 Å². The van der Waals surface area contributed by atoms with E-state index in [1.54, 1.807) is 6.07 Å². The van der Waals surface area contributed by atoms with Gasteiger partial charge in [-0.15, -0.1) is 0 Å². The molecular weight excluding hydrogens is 255 g/mol. The van der Waals surface area contributed by atoms with Crippen molar-refractivity contribution < 1.29 is 4.39 Å². The van der Waals surface area contributed by atoms with Crippen molar-refractivity contribution >= 4 is 0 Å². The summed E-state index contributed by atoms with van der Waals surface area (Å²) in [6, 6.07) is 6.44. The van der Waals surface area contributed by atoms with Crippen LogP contribution in [0.3, 0.4) is 0 Å². The van der Waals surface area contributed by atoms with Crippen LogP contribution in [0.5, 0.6) is 0 Å². The summed E-state index contributed by atoms with van der Waals surface area (Å²) in [6.07, 6.45) is 4.69. The number of nitrogens with two attached hydrogens (primary N) is 1. The molecule has 1 aliphatic heterocycles. The van der Waals surface area contributed by atoms with E-state index in [1.807, 2.05) is 18.5 Å². The van der Waals surface area contributed by atoms with Gasteiger partial charge in [-0.05, 0) is 24.1 Å². The molecule has 1 aromatic carbocycles. The molecule has 0 fully saturated rings. The summed E-state index contributed by atoms with van der Waals surface area (Å²) in [5, 5.41) is 0. The van der Waals surface area contributed by atoms with Gasteiger partial charge in [-0.1, -0.05) is 12.1 Å². The minimum Gasteiger partial charge on any atom is -0.333 e. The first-order valence-corrected chi connectivity index (χ1v) is 6.96. The van der Waals surface area contributed by atoms with E-state index in [0.717, 1.165) is 44.0 Å². The third kappa shape index (κ3) is 2.89. The van der Waals surface area contributed by atoms with Gasteiger partial charge in [0.2, 0.25) is 0 Å². The van der Waals surface area contributed by atoms with Gasteiger partial charge in [-0.2, -0.15) is 0 Å². The van der Waals surface area contributed by atoms with Crippen molar-refractivity contribution in [3.63, 3.8) is 0 Å². The molecule has 20 heavy (non-hydrogen) atoms. The van der Waals surface area contributed by atoms with Gasteiger partial charge in [0.05, 0.1) is 6.54 Å². The summed E-state index contributed by atoms with van der Waals surface area (Å²) in [5.41, 5.74) is 7.01. The van der Waals surface area contributed by atoms with E-state index in [1.165, 1.54) is 12.1 Å². The Morgan fingerprint density at radius 1 is 1.35 bits per heavy atom. The van der Waals surface area contributed by atoms with Gasteiger partial charge < -0.3 is 10.3 Å². The lowest BCUT2D eigenvalue weighted by molar-refractivity contribution is 0.210. The number of halogens is 1. The van der Waals surface area contributed by atoms with Crippen molar-refractivity contribution in [2.75, 3.05) is 13.1 Å². The fraction of sp³-hybridized carbons (Fsp3) is 0.400. The molecule has 1 aromatic heterocycles. The fourth-order valence-electron chi connectivity index (χ4n) is 2.64. The minimum absolute atomic E-state index is 0.118. The Hall–Kier alpha value is -1.72. The first kappa shape index (κ1) is 13.3. The number of fused-ring (bicyclic) bond motifs is 1. The number of rotatable bonds is 4. The molecule has 106 valence electrons. The van der Waals surface area contributed by atoms with Gasteiger partial charge in [-0.25, -0.2) is 9.37 Å². The maximum atomic E-state index is 13.2. The molecule has 0 aliphatic carbocycles. The van der Waals surface area contributed by atoms with Gasteiger partial charge >= 0.3 is 0 Å². The predicted molar refractivity (Wildman–Crippen MR) is 75.4 cm³/mol. The quantitative estimate of drug-likeness (QED) is 0.926. The first-order valence-electron chi connectivity index (χ1n) is 6.96. The van der Waals surface area contributed by atoms with Crippen molar-refractivity contribution in [2.45, 2.75) is 25.6 Å². The van der Waals surface area contributed by atoms with Crippen LogP contribution in [0, 0.1) is 5.82 Å². The number of imidazole rings is 1. The van der Waals surface area contributed by atoms with Crippen LogP contribution < -0.4 is 5.73 Å². The van der Waals surface area contributed by atoms with Gasteiger partial charge in [-0.3, -0.25) is 4.90 Å². The van der Waals surface area contributed by atoms with Gasteiger partial charge in [0.15, 0.2) is 0 Å². The Balaban J connectivity index is 1.55. The molecule has 0 bridgehead atoms. The normalized spacial score (nSPS) is 16.9. The fourth-order valence-corrected chi connectivity index (χ4v) is 2.64. The molecule has 0 saturated heterocycles. The lowest BCUT2D eigenvalue weighted by Gasteiger charge is -2.28. The smallest absolute Gasteiger partial charge is 0.123 e. The van der Waals surface area contributed by atoms with E-state index in [4.69, 9.17) is 5.73 Å². The molecule has 0 saturated carbocycles. The second-order valence-electron chi connectivity index (χ2n) is 5.26. The third-order valence-corrected chi connectivity index (χ3v) is 3.86. The number of nitrogens with zero attached hydrogens (tertiary/aromatic N) is 3. The van der Waals surface area contributed by atoms with Crippen LogP contribution in [-0.2, 0) is 13.1 Å². The topological polar surface area (TPSA) is 47.1 Å². The summed E-state index contributed by atoms with van der Waals surface area (Å²) >= 11 is 0. The second kappa shape index (κ2) is 5.73. The minimum atomic E-state index is -0.224. The molecule has 4 nitrogen and oxygen atoms in total. The summed E-state index contributed by atoms with van der Waals surface area (Å²) < 4.78 is 15.4. The molecule has 1 aliphatic rings. The van der Waals surface area contributed by atoms with Crippen LogP contribution in [0.15, 0.2) is 36.7 Å². The summed E-state index contributed by atoms with van der Waals surface area (Å²) in [7, 11) is 0. The van der Waals surface area contributed by atoms with Crippen LogP contribution in [0.2, 0.25) is 0 Å². The zero-order valence-corrected chi connectivity index (χ0v) is 11.4. The molecule has 2 N–H and O–H groups in total. The summed E-state index contributed by atoms with van der Waals surface area (Å²) in [6.45, 7) is 3.76. The highest BCUT2D eigenvalue weighted by Gasteiger charge is 2.17. The van der Waals surface area contributed by atoms with Crippen molar-refractivity contribution in [3.8, 4) is 0 Å². The largest absolute Gasteiger partial charge is 0.333 e. The molecule has 1 atom stereocenters. The number of benzene rings is 1. The van der Waals surface area contributed by atoms with Crippen molar-refractivity contribution in [1.82, 2.24) is 14.5 Å². The highest BCUT2D eigenvalue weighted by Crippen LogP contribution is 2.17. The average molecular weight is 274 g/mol. The molecule has 1 unspecified atom stereocenters. The van der Waals surface area contributed by atoms with Crippen LogP contribution in [-0.4, -0.2) is 27.5 Å². The molecular formula is C15H19FN4. The molecule has 3 rings (SSSR count). The van der Waals surface area contributed by atoms with E-state index in [0.29, 0.717) is 0 Å². The van der Waals surface area contributed by atoms with Gasteiger partial charge in [0.25, 0.3) is 0 Å². The Morgan fingerprint density at radius 2 is 2.25 bits per heavy atom. The summed E-state index contributed by atoms with van der Waals surface area (Å²) in [4.78, 5) is 6.69. The molecule has 0 radical (unpaired) electrons. The number of aromatic nitrogens is 2. The average Bonchev–Trinajstić information content (AvgIpc) is 2.92. The summed E-state index contributed by atoms with van der Waals surface area (Å²) in [5.74, 6) is 0.883. The standard InChI is InChI=1S/C15H19FN4/c16-13-3-1-2-12(10-13)14(17)4-6-19-8-9-20-7-5-18-15(20)11-19/h1-3,5,7,10,14H,4,6,8-9,11,17H2. The Kier molecular flexibility index (Phi) is 3.80. The van der Waals surface area contributed by atoms with Crippen LogP contribution in [0.4, 0.5) is 4.39 Å².